The minimum atomic E-state index is -0.201. The van der Waals surface area contributed by atoms with E-state index in [1.807, 2.05) is 11.8 Å². The van der Waals surface area contributed by atoms with Crippen LogP contribution >= 0.6 is 0 Å². The first kappa shape index (κ1) is 13.4. The fourth-order valence-corrected chi connectivity index (χ4v) is 2.88. The quantitative estimate of drug-likeness (QED) is 0.722. The van der Waals surface area contributed by atoms with Crippen LogP contribution in [-0.4, -0.2) is 35.5 Å². The van der Waals surface area contributed by atoms with Crippen LogP contribution in [-0.2, 0) is 14.3 Å². The third-order valence-corrected chi connectivity index (χ3v) is 4.23. The number of ether oxygens (including phenoxy) is 1. The van der Waals surface area contributed by atoms with Gasteiger partial charge in [0.2, 0.25) is 0 Å². The number of esters is 1. The van der Waals surface area contributed by atoms with Gasteiger partial charge in [-0.15, -0.1) is 0 Å². The summed E-state index contributed by atoms with van der Waals surface area (Å²) >= 11 is 0. The molecule has 1 heterocycles. The minimum Gasteiger partial charge on any atom is -0.455 e. The summed E-state index contributed by atoms with van der Waals surface area (Å²) < 4.78 is 5.12. The molecule has 0 aromatic heterocycles. The van der Waals surface area contributed by atoms with Gasteiger partial charge in [-0.2, -0.15) is 0 Å². The van der Waals surface area contributed by atoms with Gasteiger partial charge in [0.1, 0.15) is 0 Å². The predicted octanol–water partition coefficient (Wildman–Crippen LogP) is 1.98. The normalized spacial score (nSPS) is 35.2. The van der Waals surface area contributed by atoms with Gasteiger partial charge in [0, 0.05) is 12.1 Å². The Kier molecular flexibility index (Phi) is 3.93. The molecule has 0 spiro atoms. The van der Waals surface area contributed by atoms with Crippen LogP contribution in [0.25, 0.3) is 0 Å². The molecule has 102 valence electrons. The Morgan fingerprint density at radius 2 is 1.72 bits per heavy atom. The number of hydrogen-bond acceptors (Lipinski definition) is 3. The molecule has 1 saturated carbocycles. The van der Waals surface area contributed by atoms with Crippen LogP contribution in [0.15, 0.2) is 0 Å². The summed E-state index contributed by atoms with van der Waals surface area (Å²) in [5.41, 5.74) is 0. The van der Waals surface area contributed by atoms with E-state index < -0.39 is 0 Å². The molecule has 2 fully saturated rings. The van der Waals surface area contributed by atoms with E-state index in [9.17, 15) is 9.59 Å². The number of piperidine rings is 1. The maximum Gasteiger partial charge on any atom is 0.309 e. The Morgan fingerprint density at radius 3 is 2.22 bits per heavy atom. The number of carbonyl (C=O) groups excluding carboxylic acids is 2. The molecule has 1 amide bonds. The van der Waals surface area contributed by atoms with E-state index in [1.165, 1.54) is 6.42 Å². The van der Waals surface area contributed by atoms with Crippen molar-refractivity contribution in [2.45, 2.75) is 58.5 Å². The van der Waals surface area contributed by atoms with Crippen molar-refractivity contribution in [3.05, 3.63) is 0 Å². The first-order valence-electron chi connectivity index (χ1n) is 6.98. The maximum absolute atomic E-state index is 12.1. The van der Waals surface area contributed by atoms with Crippen LogP contribution in [0.1, 0.15) is 46.5 Å². The lowest BCUT2D eigenvalue weighted by atomic mass is 9.97. The van der Waals surface area contributed by atoms with Gasteiger partial charge in [-0.05, 0) is 45.4 Å². The first-order valence-corrected chi connectivity index (χ1v) is 6.98. The molecule has 0 bridgehead atoms. The number of amides is 1. The lowest BCUT2D eigenvalue weighted by Crippen LogP contribution is -2.49. The molecule has 2 aliphatic rings. The molecule has 18 heavy (non-hydrogen) atoms. The lowest BCUT2D eigenvalue weighted by Gasteiger charge is -2.38. The fourth-order valence-electron chi connectivity index (χ4n) is 2.88. The molecule has 1 saturated heterocycles. The molecule has 1 aliphatic carbocycles. The smallest absolute Gasteiger partial charge is 0.309 e. The molecule has 0 radical (unpaired) electrons. The van der Waals surface area contributed by atoms with Crippen molar-refractivity contribution in [2.24, 2.45) is 11.8 Å². The SMILES string of the molecule is C[C@@H]1C[C@@H]1C(=O)OCC(=O)N1[C@H](C)CCC[C@H]1C. The summed E-state index contributed by atoms with van der Waals surface area (Å²) in [6.45, 7) is 6.08. The summed E-state index contributed by atoms with van der Waals surface area (Å²) in [5.74, 6) is 0.221. The van der Waals surface area contributed by atoms with Gasteiger partial charge in [0.15, 0.2) is 6.61 Å². The van der Waals surface area contributed by atoms with Crippen LogP contribution < -0.4 is 0 Å². The minimum absolute atomic E-state index is 0.0361. The van der Waals surface area contributed by atoms with Crippen LogP contribution in [0.4, 0.5) is 0 Å². The third-order valence-electron chi connectivity index (χ3n) is 4.23. The average Bonchev–Trinajstić information content (AvgIpc) is 3.03. The van der Waals surface area contributed by atoms with E-state index in [-0.39, 0.29) is 36.5 Å². The molecular weight excluding hydrogens is 230 g/mol. The van der Waals surface area contributed by atoms with Gasteiger partial charge in [0.05, 0.1) is 5.92 Å². The standard InChI is InChI=1S/C14H23NO3/c1-9-7-12(9)14(17)18-8-13(16)15-10(2)5-4-6-11(15)3/h9-12H,4-8H2,1-3H3/t9-,10-,11-,12+/m1/s1. The van der Waals surface area contributed by atoms with Crippen molar-refractivity contribution < 1.29 is 14.3 Å². The second-order valence-electron chi connectivity index (χ2n) is 5.86. The van der Waals surface area contributed by atoms with Gasteiger partial charge < -0.3 is 9.64 Å². The highest BCUT2D eigenvalue weighted by Gasteiger charge is 2.41. The molecule has 0 N–H and O–H groups in total. The highest BCUT2D eigenvalue weighted by molar-refractivity contribution is 5.82. The molecule has 0 aromatic carbocycles. The molecule has 1 aliphatic heterocycles. The third kappa shape index (κ3) is 2.85. The van der Waals surface area contributed by atoms with Crippen molar-refractivity contribution in [2.75, 3.05) is 6.61 Å². The zero-order valence-electron chi connectivity index (χ0n) is 11.5. The van der Waals surface area contributed by atoms with Crippen molar-refractivity contribution in [1.29, 1.82) is 0 Å². The van der Waals surface area contributed by atoms with E-state index >= 15 is 0 Å². The molecule has 4 nitrogen and oxygen atoms in total. The van der Waals surface area contributed by atoms with Gasteiger partial charge in [-0.3, -0.25) is 9.59 Å². The van der Waals surface area contributed by atoms with Gasteiger partial charge in [-0.1, -0.05) is 6.92 Å². The number of rotatable bonds is 3. The molecular formula is C14H23NO3. The second kappa shape index (κ2) is 5.29. The molecule has 4 heteroatoms. The molecule has 0 unspecified atom stereocenters. The fraction of sp³-hybridized carbons (Fsp3) is 0.857. The van der Waals surface area contributed by atoms with Crippen LogP contribution in [0.2, 0.25) is 0 Å². The monoisotopic (exact) mass is 253 g/mol. The van der Waals surface area contributed by atoms with Crippen LogP contribution in [0, 0.1) is 11.8 Å². The number of likely N-dealkylation sites (tertiary alicyclic amines) is 1. The molecule has 4 atom stereocenters. The Hall–Kier alpha value is -1.06. The summed E-state index contributed by atoms with van der Waals surface area (Å²) in [7, 11) is 0. The van der Waals surface area contributed by atoms with E-state index in [4.69, 9.17) is 4.74 Å². The lowest BCUT2D eigenvalue weighted by molar-refractivity contribution is -0.156. The zero-order chi connectivity index (χ0) is 13.3. The maximum atomic E-state index is 12.1. The van der Waals surface area contributed by atoms with Gasteiger partial charge in [-0.25, -0.2) is 0 Å². The highest BCUT2D eigenvalue weighted by atomic mass is 16.5. The van der Waals surface area contributed by atoms with E-state index in [0.717, 1.165) is 19.3 Å². The molecule has 0 aromatic rings. The first-order chi connectivity index (χ1) is 8.50. The second-order valence-corrected chi connectivity index (χ2v) is 5.86. The van der Waals surface area contributed by atoms with E-state index in [1.54, 1.807) is 0 Å². The Morgan fingerprint density at radius 1 is 1.17 bits per heavy atom. The number of nitrogens with zero attached hydrogens (tertiary/aromatic N) is 1. The van der Waals surface area contributed by atoms with E-state index in [2.05, 4.69) is 13.8 Å². The van der Waals surface area contributed by atoms with Crippen LogP contribution in [0.5, 0.6) is 0 Å². The summed E-state index contributed by atoms with van der Waals surface area (Å²) in [6, 6.07) is 0.527. The van der Waals surface area contributed by atoms with Gasteiger partial charge >= 0.3 is 5.97 Å². The Labute approximate surface area is 109 Å². The predicted molar refractivity (Wildman–Crippen MR) is 67.9 cm³/mol. The van der Waals surface area contributed by atoms with Crippen molar-refractivity contribution in [3.63, 3.8) is 0 Å². The Bertz CT molecular complexity index is 332. The Balaban J connectivity index is 1.81. The summed E-state index contributed by atoms with van der Waals surface area (Å²) in [6.07, 6.45) is 4.17. The largest absolute Gasteiger partial charge is 0.455 e. The summed E-state index contributed by atoms with van der Waals surface area (Å²) in [4.78, 5) is 25.6. The number of carbonyl (C=O) groups is 2. The summed E-state index contributed by atoms with van der Waals surface area (Å²) in [5, 5.41) is 0. The zero-order valence-corrected chi connectivity index (χ0v) is 11.5. The van der Waals surface area contributed by atoms with Gasteiger partial charge in [0.25, 0.3) is 5.91 Å². The van der Waals surface area contributed by atoms with Crippen molar-refractivity contribution >= 4 is 11.9 Å². The van der Waals surface area contributed by atoms with Crippen molar-refractivity contribution in [1.82, 2.24) is 4.90 Å². The highest BCUT2D eigenvalue weighted by Crippen LogP contribution is 2.38. The average molecular weight is 253 g/mol. The number of hydrogen-bond donors (Lipinski definition) is 0. The molecule has 2 rings (SSSR count). The van der Waals surface area contributed by atoms with Crippen molar-refractivity contribution in [3.8, 4) is 0 Å². The topological polar surface area (TPSA) is 46.6 Å². The van der Waals surface area contributed by atoms with Crippen LogP contribution in [0.3, 0.4) is 0 Å². The van der Waals surface area contributed by atoms with E-state index in [0.29, 0.717) is 5.92 Å².